The predicted molar refractivity (Wildman–Crippen MR) is 49.3 cm³/mol. The van der Waals surface area contributed by atoms with Gasteiger partial charge in [0.2, 0.25) is 0 Å². The maximum atomic E-state index is 10.8. The molecule has 0 saturated carbocycles. The van der Waals surface area contributed by atoms with Crippen molar-refractivity contribution in [2.24, 2.45) is 0 Å². The maximum Gasteiger partial charge on any atom is 0.354 e. The molecule has 2 heterocycles. The number of pyridine rings is 1. The average Bonchev–Trinajstić information content (AvgIpc) is 2.59. The smallest absolute Gasteiger partial charge is 0.354 e. The van der Waals surface area contributed by atoms with Crippen LogP contribution in [0, 0.1) is 0 Å². The monoisotopic (exact) mass is 191 g/mol. The highest BCUT2D eigenvalue weighted by Gasteiger charge is 2.10. The van der Waals surface area contributed by atoms with E-state index in [4.69, 9.17) is 5.11 Å². The molecule has 0 aromatic carbocycles. The lowest BCUT2D eigenvalue weighted by Crippen LogP contribution is -2.05. The molecule has 2 rings (SSSR count). The summed E-state index contributed by atoms with van der Waals surface area (Å²) in [5, 5.41) is 13.0. The summed E-state index contributed by atoms with van der Waals surface area (Å²) in [5.74, 6) is -0.346. The Kier molecular flexibility index (Phi) is 1.92. The summed E-state index contributed by atoms with van der Waals surface area (Å²) in [5.41, 5.74) is 0.705. The number of carbonyl (C=O) groups is 1. The summed E-state index contributed by atoms with van der Waals surface area (Å²) < 4.78 is 1.35. The molecule has 5 nitrogen and oxygen atoms in total. The third-order valence-corrected chi connectivity index (χ3v) is 1.94. The van der Waals surface area contributed by atoms with Gasteiger partial charge < -0.3 is 5.11 Å². The highest BCUT2D eigenvalue weighted by atomic mass is 16.4. The highest BCUT2D eigenvalue weighted by molar-refractivity contribution is 5.86. The second kappa shape index (κ2) is 3.10. The first-order valence-corrected chi connectivity index (χ1v) is 4.30. The fourth-order valence-corrected chi connectivity index (χ4v) is 1.26. The largest absolute Gasteiger partial charge is 0.477 e. The minimum absolute atomic E-state index is 0.134. The van der Waals surface area contributed by atoms with Crippen molar-refractivity contribution in [1.29, 1.82) is 0 Å². The minimum Gasteiger partial charge on any atom is -0.477 e. The molecule has 0 aliphatic heterocycles. The van der Waals surface area contributed by atoms with Crippen LogP contribution in [-0.2, 0) is 6.42 Å². The molecule has 0 radical (unpaired) electrons. The number of carboxylic acids is 1. The van der Waals surface area contributed by atoms with Gasteiger partial charge in [0, 0.05) is 6.42 Å². The van der Waals surface area contributed by atoms with Gasteiger partial charge in [-0.25, -0.2) is 14.3 Å². The standard InChI is InChI=1S/C9H9N3O2/c1-2-7-10-8-5-3-4-6(9(13)14)12(8)11-7/h3-5H,2H2,1H3,(H,13,14). The van der Waals surface area contributed by atoms with Gasteiger partial charge in [0.25, 0.3) is 0 Å². The lowest BCUT2D eigenvalue weighted by atomic mass is 10.3. The topological polar surface area (TPSA) is 67.5 Å². The van der Waals surface area contributed by atoms with Gasteiger partial charge in [-0.1, -0.05) is 13.0 Å². The van der Waals surface area contributed by atoms with E-state index in [1.807, 2.05) is 6.92 Å². The van der Waals surface area contributed by atoms with Crippen molar-refractivity contribution in [3.63, 3.8) is 0 Å². The second-order valence-electron chi connectivity index (χ2n) is 2.87. The van der Waals surface area contributed by atoms with Gasteiger partial charge in [-0.15, -0.1) is 0 Å². The third-order valence-electron chi connectivity index (χ3n) is 1.94. The fraction of sp³-hybridized carbons (Fsp3) is 0.222. The van der Waals surface area contributed by atoms with Crippen molar-refractivity contribution in [3.8, 4) is 0 Å². The number of aryl methyl sites for hydroxylation is 1. The first kappa shape index (κ1) is 8.68. The van der Waals surface area contributed by atoms with Gasteiger partial charge in [0.15, 0.2) is 17.2 Å². The molecule has 2 aromatic heterocycles. The zero-order chi connectivity index (χ0) is 10.1. The van der Waals surface area contributed by atoms with E-state index < -0.39 is 5.97 Å². The number of hydrogen-bond donors (Lipinski definition) is 1. The van der Waals surface area contributed by atoms with Gasteiger partial charge in [-0.3, -0.25) is 0 Å². The van der Waals surface area contributed by atoms with Crippen LogP contribution >= 0.6 is 0 Å². The van der Waals surface area contributed by atoms with E-state index in [-0.39, 0.29) is 5.69 Å². The average molecular weight is 191 g/mol. The fourth-order valence-electron chi connectivity index (χ4n) is 1.26. The summed E-state index contributed by atoms with van der Waals surface area (Å²) in [7, 11) is 0. The Balaban J connectivity index is 2.73. The van der Waals surface area contributed by atoms with Gasteiger partial charge >= 0.3 is 5.97 Å². The minimum atomic E-state index is -0.997. The first-order valence-electron chi connectivity index (χ1n) is 4.30. The number of hydrogen-bond acceptors (Lipinski definition) is 3. The van der Waals surface area contributed by atoms with E-state index in [0.717, 1.165) is 0 Å². The van der Waals surface area contributed by atoms with Crippen LogP contribution < -0.4 is 0 Å². The molecular formula is C9H9N3O2. The third kappa shape index (κ3) is 1.22. The normalized spacial score (nSPS) is 10.6. The molecule has 0 bridgehead atoms. The van der Waals surface area contributed by atoms with E-state index >= 15 is 0 Å². The SMILES string of the molecule is CCc1nc2cccc(C(=O)O)n2n1. The molecule has 0 aliphatic rings. The lowest BCUT2D eigenvalue weighted by Gasteiger charge is -1.96. The van der Waals surface area contributed by atoms with Crippen molar-refractivity contribution < 1.29 is 9.90 Å². The molecule has 0 aliphatic carbocycles. The summed E-state index contributed by atoms with van der Waals surface area (Å²) in [4.78, 5) is 15.0. The van der Waals surface area contributed by atoms with Crippen LogP contribution in [0.4, 0.5) is 0 Å². The molecule has 0 unspecified atom stereocenters. The van der Waals surface area contributed by atoms with Crippen molar-refractivity contribution in [2.75, 3.05) is 0 Å². The first-order chi connectivity index (χ1) is 6.72. The van der Waals surface area contributed by atoms with Crippen molar-refractivity contribution in [2.45, 2.75) is 13.3 Å². The number of rotatable bonds is 2. The Hall–Kier alpha value is -1.91. The Bertz CT molecular complexity index is 490. The number of aromatic carboxylic acids is 1. The molecule has 0 fully saturated rings. The summed E-state index contributed by atoms with van der Waals surface area (Å²) in [6.45, 7) is 1.93. The van der Waals surface area contributed by atoms with Gasteiger partial charge in [0.1, 0.15) is 0 Å². The van der Waals surface area contributed by atoms with Gasteiger partial charge in [-0.2, -0.15) is 5.10 Å². The van der Waals surface area contributed by atoms with Crippen LogP contribution in [-0.4, -0.2) is 25.7 Å². The van der Waals surface area contributed by atoms with Crippen LogP contribution in [0.15, 0.2) is 18.2 Å². The Morgan fingerprint density at radius 1 is 1.57 bits per heavy atom. The van der Waals surface area contributed by atoms with E-state index in [2.05, 4.69) is 10.1 Å². The van der Waals surface area contributed by atoms with Crippen LogP contribution in [0.1, 0.15) is 23.2 Å². The summed E-state index contributed by atoms with van der Waals surface area (Å²) in [6, 6.07) is 4.90. The molecule has 0 atom stereocenters. The molecule has 0 amide bonds. The molecule has 72 valence electrons. The number of aromatic nitrogens is 3. The number of fused-ring (bicyclic) bond motifs is 1. The van der Waals surface area contributed by atoms with Gasteiger partial charge in [-0.05, 0) is 12.1 Å². The molecule has 1 N–H and O–H groups in total. The Labute approximate surface area is 80.0 Å². The predicted octanol–water partition coefficient (Wildman–Crippen LogP) is 0.990. The lowest BCUT2D eigenvalue weighted by molar-refractivity contribution is 0.0687. The zero-order valence-corrected chi connectivity index (χ0v) is 7.64. The molecular weight excluding hydrogens is 182 g/mol. The summed E-state index contributed by atoms with van der Waals surface area (Å²) >= 11 is 0. The molecule has 14 heavy (non-hydrogen) atoms. The quantitative estimate of drug-likeness (QED) is 0.768. The molecule has 2 aromatic rings. The van der Waals surface area contributed by atoms with Crippen LogP contribution in [0.3, 0.4) is 0 Å². The van der Waals surface area contributed by atoms with Crippen molar-refractivity contribution in [1.82, 2.24) is 14.6 Å². The zero-order valence-electron chi connectivity index (χ0n) is 7.64. The number of carboxylic acid groups (broad SMARTS) is 1. The van der Waals surface area contributed by atoms with Crippen LogP contribution in [0.25, 0.3) is 5.65 Å². The van der Waals surface area contributed by atoms with E-state index in [1.54, 1.807) is 12.1 Å². The van der Waals surface area contributed by atoms with Crippen LogP contribution in [0.2, 0.25) is 0 Å². The van der Waals surface area contributed by atoms with E-state index in [9.17, 15) is 4.79 Å². The molecule has 0 spiro atoms. The second-order valence-corrected chi connectivity index (χ2v) is 2.87. The van der Waals surface area contributed by atoms with E-state index in [0.29, 0.717) is 17.9 Å². The van der Waals surface area contributed by atoms with Crippen LogP contribution in [0.5, 0.6) is 0 Å². The van der Waals surface area contributed by atoms with Gasteiger partial charge in [0.05, 0.1) is 0 Å². The molecule has 5 heteroatoms. The Morgan fingerprint density at radius 2 is 2.36 bits per heavy atom. The highest BCUT2D eigenvalue weighted by Crippen LogP contribution is 2.06. The summed E-state index contributed by atoms with van der Waals surface area (Å²) in [6.07, 6.45) is 0.695. The van der Waals surface area contributed by atoms with Crippen molar-refractivity contribution >= 4 is 11.6 Å². The molecule has 0 saturated heterocycles. The number of nitrogens with zero attached hydrogens (tertiary/aromatic N) is 3. The van der Waals surface area contributed by atoms with E-state index in [1.165, 1.54) is 10.6 Å². The Morgan fingerprint density at radius 3 is 3.00 bits per heavy atom. The maximum absolute atomic E-state index is 10.8. The van der Waals surface area contributed by atoms with Crippen molar-refractivity contribution in [3.05, 3.63) is 29.7 Å².